The minimum atomic E-state index is 0.0576. The van der Waals surface area contributed by atoms with Crippen LogP contribution in [0, 0.1) is 17.8 Å². The van der Waals surface area contributed by atoms with Gasteiger partial charge in [0.1, 0.15) is 0 Å². The Hall–Kier alpha value is -0.600. The first kappa shape index (κ1) is 12.8. The van der Waals surface area contributed by atoms with Gasteiger partial charge < -0.3 is 5.73 Å². The van der Waals surface area contributed by atoms with Gasteiger partial charge in [0, 0.05) is 12.2 Å². The summed E-state index contributed by atoms with van der Waals surface area (Å²) in [7, 11) is 0. The number of hydrogen-bond donors (Lipinski definition) is 1. The topological polar surface area (TPSA) is 38.9 Å². The molecule has 2 N–H and O–H groups in total. The summed E-state index contributed by atoms with van der Waals surface area (Å²) in [5, 5.41) is 0.673. The first-order chi connectivity index (χ1) is 8.08. The molecular weight excluding hydrogens is 232 g/mol. The van der Waals surface area contributed by atoms with Gasteiger partial charge in [0.25, 0.3) is 0 Å². The maximum Gasteiger partial charge on any atom is 0.0589 e. The average molecular weight is 253 g/mol. The van der Waals surface area contributed by atoms with Crippen LogP contribution in [0.5, 0.6) is 0 Å². The van der Waals surface area contributed by atoms with E-state index < -0.39 is 0 Å². The third-order valence-corrected chi connectivity index (χ3v) is 4.46. The van der Waals surface area contributed by atoms with Gasteiger partial charge in [0.2, 0.25) is 0 Å². The Morgan fingerprint density at radius 3 is 2.65 bits per heavy atom. The highest BCUT2D eigenvalue weighted by Gasteiger charge is 2.29. The average Bonchev–Trinajstić information content (AvgIpc) is 2.33. The first-order valence-corrected chi connectivity index (χ1v) is 6.82. The van der Waals surface area contributed by atoms with Crippen molar-refractivity contribution in [1.29, 1.82) is 0 Å². The second kappa shape index (κ2) is 5.36. The summed E-state index contributed by atoms with van der Waals surface area (Å²) in [6, 6.07) is 3.89. The van der Waals surface area contributed by atoms with Gasteiger partial charge in [0.15, 0.2) is 0 Å². The second-order valence-corrected chi connectivity index (χ2v) is 5.89. The van der Waals surface area contributed by atoms with E-state index >= 15 is 0 Å². The van der Waals surface area contributed by atoms with E-state index in [0.29, 0.717) is 10.9 Å². The van der Waals surface area contributed by atoms with Crippen LogP contribution in [-0.4, -0.2) is 4.98 Å². The fourth-order valence-corrected chi connectivity index (χ4v) is 2.85. The Bertz CT molecular complexity index is 363. The molecule has 2 rings (SSSR count). The van der Waals surface area contributed by atoms with Crippen molar-refractivity contribution < 1.29 is 0 Å². The molecule has 1 aliphatic rings. The van der Waals surface area contributed by atoms with Crippen molar-refractivity contribution in [2.24, 2.45) is 23.5 Å². The summed E-state index contributed by atoms with van der Waals surface area (Å²) < 4.78 is 0. The van der Waals surface area contributed by atoms with Gasteiger partial charge in [-0.3, -0.25) is 4.98 Å². The molecule has 0 amide bonds. The van der Waals surface area contributed by atoms with Gasteiger partial charge in [-0.05, 0) is 42.7 Å². The molecule has 1 heterocycles. The van der Waals surface area contributed by atoms with Crippen LogP contribution in [0.4, 0.5) is 0 Å². The maximum atomic E-state index is 6.32. The molecule has 4 unspecified atom stereocenters. The van der Waals surface area contributed by atoms with E-state index in [0.717, 1.165) is 17.5 Å². The van der Waals surface area contributed by atoms with Crippen LogP contribution in [0.3, 0.4) is 0 Å². The quantitative estimate of drug-likeness (QED) is 0.869. The molecule has 0 saturated heterocycles. The molecule has 1 saturated carbocycles. The van der Waals surface area contributed by atoms with Crippen molar-refractivity contribution >= 4 is 11.6 Å². The van der Waals surface area contributed by atoms with E-state index in [-0.39, 0.29) is 6.04 Å². The Kier molecular flexibility index (Phi) is 4.05. The highest BCUT2D eigenvalue weighted by molar-refractivity contribution is 6.30. The van der Waals surface area contributed by atoms with Gasteiger partial charge >= 0.3 is 0 Å². The number of hydrogen-bond acceptors (Lipinski definition) is 2. The Balaban J connectivity index is 2.05. The van der Waals surface area contributed by atoms with E-state index in [4.69, 9.17) is 17.3 Å². The van der Waals surface area contributed by atoms with E-state index in [9.17, 15) is 0 Å². The van der Waals surface area contributed by atoms with E-state index in [2.05, 4.69) is 18.8 Å². The van der Waals surface area contributed by atoms with Crippen molar-refractivity contribution in [2.45, 2.75) is 39.2 Å². The largest absolute Gasteiger partial charge is 0.322 e. The molecule has 4 atom stereocenters. The molecule has 1 fully saturated rings. The van der Waals surface area contributed by atoms with Crippen LogP contribution >= 0.6 is 11.6 Å². The van der Waals surface area contributed by atoms with E-state index in [1.165, 1.54) is 19.3 Å². The standard InChI is InChI=1S/C14H21ClN2/c1-9-3-4-11(7-10(9)2)14(16)13-6-5-12(15)8-17-13/h5-6,8-11,14H,3-4,7,16H2,1-2H3. The summed E-state index contributed by atoms with van der Waals surface area (Å²) in [5.74, 6) is 2.17. The maximum absolute atomic E-state index is 6.32. The van der Waals surface area contributed by atoms with Gasteiger partial charge in [-0.2, -0.15) is 0 Å². The molecule has 1 aromatic heterocycles. The number of nitrogens with two attached hydrogens (primary N) is 1. The predicted octanol–water partition coefficient (Wildman–Crippen LogP) is 3.81. The summed E-state index contributed by atoms with van der Waals surface area (Å²) in [4.78, 5) is 4.34. The van der Waals surface area contributed by atoms with Crippen LogP contribution in [0.25, 0.3) is 0 Å². The normalized spacial score (nSPS) is 31.2. The zero-order valence-corrected chi connectivity index (χ0v) is 11.3. The monoisotopic (exact) mass is 252 g/mol. The van der Waals surface area contributed by atoms with Crippen molar-refractivity contribution in [2.75, 3.05) is 0 Å². The lowest BCUT2D eigenvalue weighted by molar-refractivity contribution is 0.184. The fraction of sp³-hybridized carbons (Fsp3) is 0.643. The molecule has 0 aliphatic heterocycles. The minimum Gasteiger partial charge on any atom is -0.322 e. The highest BCUT2D eigenvalue weighted by Crippen LogP contribution is 2.38. The smallest absolute Gasteiger partial charge is 0.0589 e. The summed E-state index contributed by atoms with van der Waals surface area (Å²) in [6.07, 6.45) is 5.41. The Labute approximate surface area is 109 Å². The number of rotatable bonds is 2. The molecule has 94 valence electrons. The molecule has 0 bridgehead atoms. The molecule has 3 heteroatoms. The van der Waals surface area contributed by atoms with Gasteiger partial charge in [0.05, 0.1) is 10.7 Å². The van der Waals surface area contributed by atoms with Crippen molar-refractivity contribution in [3.8, 4) is 0 Å². The van der Waals surface area contributed by atoms with Crippen molar-refractivity contribution in [1.82, 2.24) is 4.98 Å². The van der Waals surface area contributed by atoms with Crippen LogP contribution in [0.15, 0.2) is 18.3 Å². The van der Waals surface area contributed by atoms with Crippen LogP contribution in [0.1, 0.15) is 44.8 Å². The molecule has 0 aromatic carbocycles. The van der Waals surface area contributed by atoms with Crippen LogP contribution in [0.2, 0.25) is 5.02 Å². The fourth-order valence-electron chi connectivity index (χ4n) is 2.74. The molecule has 0 radical (unpaired) electrons. The molecule has 1 aromatic rings. The van der Waals surface area contributed by atoms with E-state index in [1.54, 1.807) is 6.20 Å². The second-order valence-electron chi connectivity index (χ2n) is 5.45. The zero-order valence-electron chi connectivity index (χ0n) is 10.6. The number of nitrogens with zero attached hydrogens (tertiary/aromatic N) is 1. The van der Waals surface area contributed by atoms with Gasteiger partial charge in [-0.1, -0.05) is 31.9 Å². The van der Waals surface area contributed by atoms with Crippen molar-refractivity contribution in [3.63, 3.8) is 0 Å². The lowest BCUT2D eigenvalue weighted by atomic mass is 9.73. The zero-order chi connectivity index (χ0) is 12.4. The van der Waals surface area contributed by atoms with E-state index in [1.807, 2.05) is 12.1 Å². The van der Waals surface area contributed by atoms with Crippen molar-refractivity contribution in [3.05, 3.63) is 29.0 Å². The van der Waals surface area contributed by atoms with Crippen LogP contribution in [-0.2, 0) is 0 Å². The number of pyridine rings is 1. The number of halogens is 1. The first-order valence-electron chi connectivity index (χ1n) is 6.45. The summed E-state index contributed by atoms with van der Waals surface area (Å²) in [5.41, 5.74) is 7.30. The highest BCUT2D eigenvalue weighted by atomic mass is 35.5. The Morgan fingerprint density at radius 1 is 1.29 bits per heavy atom. The molecule has 1 aliphatic carbocycles. The lowest BCUT2D eigenvalue weighted by Crippen LogP contribution is -2.29. The third-order valence-electron chi connectivity index (χ3n) is 4.24. The third kappa shape index (κ3) is 2.99. The summed E-state index contributed by atoms with van der Waals surface area (Å²) >= 11 is 5.84. The lowest BCUT2D eigenvalue weighted by Gasteiger charge is -2.35. The minimum absolute atomic E-state index is 0.0576. The number of aromatic nitrogens is 1. The SMILES string of the molecule is CC1CCC(C(N)c2ccc(Cl)cn2)CC1C. The predicted molar refractivity (Wildman–Crippen MR) is 71.8 cm³/mol. The van der Waals surface area contributed by atoms with Gasteiger partial charge in [-0.15, -0.1) is 0 Å². The molecule has 2 nitrogen and oxygen atoms in total. The summed E-state index contributed by atoms with van der Waals surface area (Å²) in [6.45, 7) is 4.67. The molecule has 17 heavy (non-hydrogen) atoms. The van der Waals surface area contributed by atoms with Crippen LogP contribution < -0.4 is 5.73 Å². The molecule has 0 spiro atoms. The Morgan fingerprint density at radius 2 is 2.06 bits per heavy atom. The molecular formula is C14H21ClN2. The van der Waals surface area contributed by atoms with Gasteiger partial charge in [-0.25, -0.2) is 0 Å².